The molecule has 0 spiro atoms. The molecule has 238 valence electrons. The number of nitrogens with zero attached hydrogens (tertiary/aromatic N) is 3. The first kappa shape index (κ1) is 30.3. The summed E-state index contributed by atoms with van der Waals surface area (Å²) < 4.78 is 2.24. The van der Waals surface area contributed by atoms with Crippen molar-refractivity contribution < 1.29 is 5.11 Å². The van der Waals surface area contributed by atoms with E-state index in [0.29, 0.717) is 17.3 Å². The van der Waals surface area contributed by atoms with Crippen molar-refractivity contribution in [1.82, 2.24) is 14.5 Å². The van der Waals surface area contributed by atoms with E-state index in [2.05, 4.69) is 135 Å². The molecule has 0 bridgehead atoms. The zero-order chi connectivity index (χ0) is 33.5. The Hall–Kier alpha value is -6.00. The molecule has 0 radical (unpaired) electrons. The van der Waals surface area contributed by atoms with Gasteiger partial charge in [-0.3, -0.25) is 9.55 Å². The third-order valence-electron chi connectivity index (χ3n) is 9.20. The monoisotopic (exact) mass is 635 g/mol. The van der Waals surface area contributed by atoms with Crippen molar-refractivity contribution in [1.29, 1.82) is 0 Å². The van der Waals surface area contributed by atoms with Gasteiger partial charge in [0, 0.05) is 22.7 Å². The van der Waals surface area contributed by atoms with Crippen LogP contribution in [0.2, 0.25) is 0 Å². The fraction of sp³-hybridized carbons (Fsp3) is 0.111. The molecule has 0 aliphatic carbocycles. The molecule has 8 rings (SSSR count). The number of phenols is 1. The van der Waals surface area contributed by atoms with Crippen LogP contribution in [0.5, 0.6) is 5.75 Å². The summed E-state index contributed by atoms with van der Waals surface area (Å²) in [7, 11) is 0. The zero-order valence-corrected chi connectivity index (χ0v) is 27.9. The minimum atomic E-state index is 0.189. The number of hydrogen-bond donors (Lipinski definition) is 1. The number of aromatic nitrogens is 3. The van der Waals surface area contributed by atoms with E-state index in [1.54, 1.807) is 0 Å². The van der Waals surface area contributed by atoms with Gasteiger partial charge in [0.15, 0.2) is 0 Å². The number of phenolic OH excluding ortho intramolecular Hbond substituents is 1. The molecule has 8 aromatic rings. The van der Waals surface area contributed by atoms with Crippen molar-refractivity contribution in [2.75, 3.05) is 0 Å². The Labute approximate surface area is 287 Å². The SMILES string of the molecule is Cc1ccc(-c2cccc(-c3cc(CC(C)C)cc4c3nc(-c3ccc(-c5ccccc5)cc3O)n4-c3cccc4ccccc34)c2)nc1. The molecule has 0 atom stereocenters. The van der Waals surface area contributed by atoms with E-state index in [1.807, 2.05) is 36.5 Å². The van der Waals surface area contributed by atoms with E-state index in [9.17, 15) is 5.11 Å². The molecule has 2 aromatic heterocycles. The van der Waals surface area contributed by atoms with Crippen LogP contribution in [0.1, 0.15) is 25.0 Å². The van der Waals surface area contributed by atoms with Crippen LogP contribution < -0.4 is 0 Å². The number of pyridine rings is 1. The summed E-state index contributed by atoms with van der Waals surface area (Å²) in [4.78, 5) is 10.1. The Morgan fingerprint density at radius 2 is 1.41 bits per heavy atom. The van der Waals surface area contributed by atoms with E-state index in [4.69, 9.17) is 9.97 Å². The summed E-state index contributed by atoms with van der Waals surface area (Å²) in [6, 6.07) is 48.3. The van der Waals surface area contributed by atoms with Crippen molar-refractivity contribution in [3.63, 3.8) is 0 Å². The van der Waals surface area contributed by atoms with Crippen LogP contribution in [-0.2, 0) is 6.42 Å². The van der Waals surface area contributed by atoms with Crippen LogP contribution in [0.25, 0.3) is 72.4 Å². The summed E-state index contributed by atoms with van der Waals surface area (Å²) >= 11 is 0. The van der Waals surface area contributed by atoms with Crippen LogP contribution in [-0.4, -0.2) is 19.6 Å². The second-order valence-corrected chi connectivity index (χ2v) is 13.3. The Kier molecular flexibility index (Phi) is 7.77. The third-order valence-corrected chi connectivity index (χ3v) is 9.20. The Bertz CT molecular complexity index is 2450. The molecule has 0 saturated carbocycles. The van der Waals surface area contributed by atoms with Crippen LogP contribution in [0.3, 0.4) is 0 Å². The molecule has 0 unspecified atom stereocenters. The van der Waals surface area contributed by atoms with E-state index in [1.165, 1.54) is 5.56 Å². The lowest BCUT2D eigenvalue weighted by molar-refractivity contribution is 0.477. The molecule has 4 heteroatoms. The molecule has 4 nitrogen and oxygen atoms in total. The van der Waals surface area contributed by atoms with Crippen molar-refractivity contribution in [3.8, 4) is 56.3 Å². The largest absolute Gasteiger partial charge is 0.507 e. The minimum Gasteiger partial charge on any atom is -0.507 e. The van der Waals surface area contributed by atoms with Crippen molar-refractivity contribution >= 4 is 21.8 Å². The van der Waals surface area contributed by atoms with Gasteiger partial charge in [0.1, 0.15) is 11.6 Å². The molecule has 49 heavy (non-hydrogen) atoms. The Balaban J connectivity index is 1.42. The second-order valence-electron chi connectivity index (χ2n) is 13.3. The first-order valence-corrected chi connectivity index (χ1v) is 16.9. The normalized spacial score (nSPS) is 11.5. The molecule has 1 N–H and O–H groups in total. The van der Waals surface area contributed by atoms with Gasteiger partial charge in [-0.25, -0.2) is 4.98 Å². The third kappa shape index (κ3) is 5.76. The maximum Gasteiger partial charge on any atom is 0.149 e. The molecule has 0 fully saturated rings. The molecular weight excluding hydrogens is 599 g/mol. The number of hydrogen-bond acceptors (Lipinski definition) is 3. The lowest BCUT2D eigenvalue weighted by Crippen LogP contribution is -2.00. The number of fused-ring (bicyclic) bond motifs is 2. The van der Waals surface area contributed by atoms with Gasteiger partial charge in [-0.15, -0.1) is 0 Å². The Morgan fingerprint density at radius 3 is 2.20 bits per heavy atom. The van der Waals surface area contributed by atoms with Crippen LogP contribution in [0.15, 0.2) is 146 Å². The van der Waals surface area contributed by atoms with Gasteiger partial charge in [-0.1, -0.05) is 111 Å². The standard InChI is InChI=1S/C45H37N3O/c1-29(2)23-31-24-39(35-15-9-16-36(26-35)40-22-19-30(3)28-46-40)44-42(25-31)48(41-18-10-14-33-13-7-8-17-37(33)41)45(47-44)38-21-20-34(27-43(38)49)32-11-5-4-6-12-32/h4-22,24-29,49H,23H2,1-3H3. The Morgan fingerprint density at radius 1 is 0.653 bits per heavy atom. The summed E-state index contributed by atoms with van der Waals surface area (Å²) in [5.74, 6) is 1.36. The van der Waals surface area contributed by atoms with E-state index >= 15 is 0 Å². The molecule has 0 saturated heterocycles. The number of aromatic hydroxyl groups is 1. The quantitative estimate of drug-likeness (QED) is 0.190. The smallest absolute Gasteiger partial charge is 0.149 e. The molecule has 0 aliphatic rings. The fourth-order valence-electron chi connectivity index (χ4n) is 6.89. The summed E-state index contributed by atoms with van der Waals surface area (Å²) in [6.45, 7) is 6.57. The number of aryl methyl sites for hydroxylation is 1. The van der Waals surface area contributed by atoms with Gasteiger partial charge in [0.25, 0.3) is 0 Å². The fourth-order valence-corrected chi connectivity index (χ4v) is 6.89. The average molecular weight is 636 g/mol. The molecule has 0 amide bonds. The highest BCUT2D eigenvalue weighted by Crippen LogP contribution is 2.41. The van der Waals surface area contributed by atoms with Crippen LogP contribution >= 0.6 is 0 Å². The van der Waals surface area contributed by atoms with Crippen molar-refractivity contribution in [2.45, 2.75) is 27.2 Å². The first-order valence-electron chi connectivity index (χ1n) is 16.9. The van der Waals surface area contributed by atoms with Crippen molar-refractivity contribution in [2.24, 2.45) is 5.92 Å². The summed E-state index contributed by atoms with van der Waals surface area (Å²) in [6.07, 6.45) is 2.84. The van der Waals surface area contributed by atoms with Gasteiger partial charge in [-0.05, 0) is 94.9 Å². The van der Waals surface area contributed by atoms with Gasteiger partial charge in [0.05, 0.1) is 28.0 Å². The molecular formula is C45H37N3O. The van der Waals surface area contributed by atoms with Crippen molar-refractivity contribution in [3.05, 3.63) is 157 Å². The summed E-state index contributed by atoms with van der Waals surface area (Å²) in [5.41, 5.74) is 12.1. The van der Waals surface area contributed by atoms with E-state index in [0.717, 1.165) is 73.0 Å². The molecule has 0 aliphatic heterocycles. The van der Waals surface area contributed by atoms with Gasteiger partial charge >= 0.3 is 0 Å². The lowest BCUT2D eigenvalue weighted by Gasteiger charge is -2.15. The average Bonchev–Trinajstić information content (AvgIpc) is 3.50. The predicted octanol–water partition coefficient (Wildman–Crippen LogP) is 11.5. The molecule has 6 aromatic carbocycles. The molecule has 2 heterocycles. The van der Waals surface area contributed by atoms with E-state index in [-0.39, 0.29) is 5.75 Å². The number of imidazole rings is 1. The highest BCUT2D eigenvalue weighted by molar-refractivity contribution is 6.00. The zero-order valence-electron chi connectivity index (χ0n) is 27.9. The summed E-state index contributed by atoms with van der Waals surface area (Å²) in [5, 5.41) is 14.0. The minimum absolute atomic E-state index is 0.189. The maximum atomic E-state index is 11.7. The first-order chi connectivity index (χ1) is 23.9. The van der Waals surface area contributed by atoms with Gasteiger partial charge in [0.2, 0.25) is 0 Å². The second kappa shape index (κ2) is 12.6. The maximum absolute atomic E-state index is 11.7. The highest BCUT2D eigenvalue weighted by atomic mass is 16.3. The highest BCUT2D eigenvalue weighted by Gasteiger charge is 2.22. The number of benzene rings is 6. The van der Waals surface area contributed by atoms with Gasteiger partial charge in [-0.2, -0.15) is 0 Å². The van der Waals surface area contributed by atoms with Gasteiger partial charge < -0.3 is 5.11 Å². The predicted molar refractivity (Wildman–Crippen MR) is 203 cm³/mol. The topological polar surface area (TPSA) is 50.9 Å². The van der Waals surface area contributed by atoms with Crippen LogP contribution in [0.4, 0.5) is 0 Å². The number of rotatable bonds is 7. The van der Waals surface area contributed by atoms with E-state index < -0.39 is 0 Å². The lowest BCUT2D eigenvalue weighted by atomic mass is 9.95. The van der Waals surface area contributed by atoms with Crippen LogP contribution in [0, 0.1) is 12.8 Å².